The molecule has 4 heterocycles. The summed E-state index contributed by atoms with van der Waals surface area (Å²) in [7, 11) is 3.89. The number of nitrogens with one attached hydrogen (secondary N) is 2. The molecular formula is C27H40N8O3. The van der Waals surface area contributed by atoms with Gasteiger partial charge >= 0.3 is 0 Å². The smallest absolute Gasteiger partial charge is 0.271 e. The quantitative estimate of drug-likeness (QED) is 0.474. The molecule has 206 valence electrons. The minimum absolute atomic E-state index is 0.0940. The number of piperazine rings is 1. The average Bonchev–Trinajstić information content (AvgIpc) is 2.94. The lowest BCUT2D eigenvalue weighted by Crippen LogP contribution is -2.52. The Morgan fingerprint density at radius 1 is 1.08 bits per heavy atom. The van der Waals surface area contributed by atoms with E-state index in [1.165, 1.54) is 0 Å². The summed E-state index contributed by atoms with van der Waals surface area (Å²) in [5.74, 6) is 1.05. The number of anilines is 4. The van der Waals surface area contributed by atoms with E-state index in [2.05, 4.69) is 48.4 Å². The van der Waals surface area contributed by atoms with Crippen LogP contribution in [0.1, 0.15) is 36.2 Å². The molecular weight excluding hydrogens is 484 g/mol. The fraction of sp³-hybridized carbons (Fsp3) is 0.593. The first-order chi connectivity index (χ1) is 18.5. The van der Waals surface area contributed by atoms with Crippen LogP contribution in [0.5, 0.6) is 5.75 Å². The van der Waals surface area contributed by atoms with E-state index in [1.54, 1.807) is 13.3 Å². The standard InChI is InChI=1S/C27H40N8O3/c1-33-11-13-34(14-12-33)21-5-9-35(10-6-21)22-4-3-20(17-23(22)37-2)31-27-25(26(28)36)29-18-24(32-27)30-19-7-15-38-16-8-19/h3-4,17-19,21H,5-16H2,1-2H3,(H2,28,36)(H2,30,31,32). The highest BCUT2D eigenvalue weighted by atomic mass is 16.5. The number of hydrogen-bond donors (Lipinski definition) is 3. The van der Waals surface area contributed by atoms with E-state index >= 15 is 0 Å². The maximum atomic E-state index is 12.1. The maximum Gasteiger partial charge on any atom is 0.271 e. The number of hydrogen-bond acceptors (Lipinski definition) is 10. The summed E-state index contributed by atoms with van der Waals surface area (Å²) >= 11 is 0. The third kappa shape index (κ3) is 6.28. The summed E-state index contributed by atoms with van der Waals surface area (Å²) in [4.78, 5) is 28.4. The van der Waals surface area contributed by atoms with Crippen molar-refractivity contribution in [3.8, 4) is 5.75 Å². The highest BCUT2D eigenvalue weighted by Gasteiger charge is 2.28. The molecule has 1 amide bonds. The Morgan fingerprint density at radius 3 is 2.50 bits per heavy atom. The van der Waals surface area contributed by atoms with Crippen molar-refractivity contribution in [2.45, 2.75) is 37.8 Å². The van der Waals surface area contributed by atoms with Gasteiger partial charge in [0.05, 0.1) is 19.0 Å². The molecule has 0 bridgehead atoms. The Labute approximate surface area is 224 Å². The first kappa shape index (κ1) is 26.5. The first-order valence-electron chi connectivity index (χ1n) is 13.6. The SMILES string of the molecule is COc1cc(Nc2nc(NC3CCOCC3)cnc2C(N)=O)ccc1N1CCC(N2CCN(C)CC2)CC1. The summed E-state index contributed by atoms with van der Waals surface area (Å²) in [5, 5.41) is 6.64. The molecule has 1 aromatic carbocycles. The summed E-state index contributed by atoms with van der Waals surface area (Å²) in [5.41, 5.74) is 7.51. The van der Waals surface area contributed by atoms with Crippen molar-refractivity contribution in [1.29, 1.82) is 0 Å². The van der Waals surface area contributed by atoms with Crippen LogP contribution in [0.15, 0.2) is 24.4 Å². The Balaban J connectivity index is 1.27. The van der Waals surface area contributed by atoms with Crippen molar-refractivity contribution in [3.63, 3.8) is 0 Å². The predicted octanol–water partition coefficient (Wildman–Crippen LogP) is 2.13. The van der Waals surface area contributed by atoms with Crippen LogP contribution >= 0.6 is 0 Å². The number of nitrogens with zero attached hydrogens (tertiary/aromatic N) is 5. The number of benzene rings is 1. The van der Waals surface area contributed by atoms with Crippen LogP contribution in [-0.4, -0.2) is 104 Å². The monoisotopic (exact) mass is 524 g/mol. The fourth-order valence-corrected chi connectivity index (χ4v) is 5.59. The van der Waals surface area contributed by atoms with Gasteiger partial charge in [-0.2, -0.15) is 0 Å². The summed E-state index contributed by atoms with van der Waals surface area (Å²) < 4.78 is 11.2. The van der Waals surface area contributed by atoms with Gasteiger partial charge in [0.25, 0.3) is 5.91 Å². The first-order valence-corrected chi connectivity index (χ1v) is 13.6. The van der Waals surface area contributed by atoms with Crippen molar-refractivity contribution in [1.82, 2.24) is 19.8 Å². The molecule has 38 heavy (non-hydrogen) atoms. The molecule has 0 radical (unpaired) electrons. The number of methoxy groups -OCH3 is 1. The molecule has 0 aliphatic carbocycles. The van der Waals surface area contributed by atoms with E-state index in [9.17, 15) is 4.79 Å². The molecule has 2 aromatic rings. The molecule has 1 aromatic heterocycles. The Bertz CT molecular complexity index is 1090. The zero-order valence-corrected chi connectivity index (χ0v) is 22.5. The number of rotatable bonds is 8. The predicted molar refractivity (Wildman–Crippen MR) is 149 cm³/mol. The van der Waals surface area contributed by atoms with Crippen molar-refractivity contribution in [3.05, 3.63) is 30.1 Å². The molecule has 0 spiro atoms. The molecule has 3 aliphatic rings. The van der Waals surface area contributed by atoms with Gasteiger partial charge in [-0.3, -0.25) is 9.69 Å². The number of carbonyl (C=O) groups excluding carboxylic acids is 1. The molecule has 0 atom stereocenters. The molecule has 0 unspecified atom stereocenters. The number of nitrogens with two attached hydrogens (primary N) is 1. The van der Waals surface area contributed by atoms with Gasteiger partial charge < -0.3 is 35.6 Å². The second-order valence-corrected chi connectivity index (χ2v) is 10.4. The van der Waals surface area contributed by atoms with Crippen LogP contribution in [0.25, 0.3) is 0 Å². The van der Waals surface area contributed by atoms with E-state index in [1.807, 2.05) is 12.1 Å². The topological polar surface area (TPSA) is 121 Å². The number of ether oxygens (including phenoxy) is 2. The number of piperidine rings is 1. The van der Waals surface area contributed by atoms with Crippen LogP contribution in [0.4, 0.5) is 23.0 Å². The van der Waals surface area contributed by atoms with Crippen molar-refractivity contribution < 1.29 is 14.3 Å². The van der Waals surface area contributed by atoms with Crippen LogP contribution in [0.2, 0.25) is 0 Å². The Kier molecular flexibility index (Phi) is 8.45. The lowest BCUT2D eigenvalue weighted by Gasteiger charge is -2.42. The highest BCUT2D eigenvalue weighted by Crippen LogP contribution is 2.35. The number of likely N-dealkylation sites (N-methyl/N-ethyl adjacent to an activating group) is 1. The van der Waals surface area contributed by atoms with E-state index in [0.29, 0.717) is 17.7 Å². The van der Waals surface area contributed by atoms with Crippen LogP contribution in [-0.2, 0) is 4.74 Å². The summed E-state index contributed by atoms with van der Waals surface area (Å²) in [6, 6.07) is 6.89. The van der Waals surface area contributed by atoms with E-state index in [4.69, 9.17) is 15.2 Å². The molecule has 3 saturated heterocycles. The molecule has 11 heteroatoms. The second kappa shape index (κ2) is 12.1. The van der Waals surface area contributed by atoms with Crippen LogP contribution in [0, 0.1) is 0 Å². The number of amides is 1. The summed E-state index contributed by atoms with van der Waals surface area (Å²) in [6.45, 7) is 8.05. The molecule has 11 nitrogen and oxygen atoms in total. The van der Waals surface area contributed by atoms with Gasteiger partial charge in [-0.05, 0) is 44.9 Å². The Morgan fingerprint density at radius 2 is 1.82 bits per heavy atom. The van der Waals surface area contributed by atoms with Gasteiger partial charge in [0.1, 0.15) is 11.6 Å². The van der Waals surface area contributed by atoms with E-state index in [0.717, 1.165) is 95.3 Å². The molecule has 0 saturated carbocycles. The lowest BCUT2D eigenvalue weighted by molar-refractivity contribution is 0.0904. The molecule has 5 rings (SSSR count). The number of carbonyl (C=O) groups is 1. The van der Waals surface area contributed by atoms with E-state index in [-0.39, 0.29) is 11.7 Å². The highest BCUT2D eigenvalue weighted by molar-refractivity contribution is 5.96. The van der Waals surface area contributed by atoms with Crippen molar-refractivity contribution in [2.24, 2.45) is 5.73 Å². The van der Waals surface area contributed by atoms with Crippen molar-refractivity contribution in [2.75, 3.05) is 82.2 Å². The fourth-order valence-electron chi connectivity index (χ4n) is 5.59. The zero-order chi connectivity index (χ0) is 26.5. The van der Waals surface area contributed by atoms with Gasteiger partial charge in [0.2, 0.25) is 0 Å². The normalized spacial score (nSPS) is 20.3. The molecule has 3 aliphatic heterocycles. The Hall–Kier alpha value is -3.15. The maximum absolute atomic E-state index is 12.1. The van der Waals surface area contributed by atoms with Crippen molar-refractivity contribution >= 4 is 28.9 Å². The molecule has 3 fully saturated rings. The van der Waals surface area contributed by atoms with Gasteiger partial charge in [-0.1, -0.05) is 0 Å². The van der Waals surface area contributed by atoms with Crippen LogP contribution < -0.4 is 26.0 Å². The third-order valence-electron chi connectivity index (χ3n) is 7.88. The van der Waals surface area contributed by atoms with Gasteiger partial charge in [-0.15, -0.1) is 0 Å². The van der Waals surface area contributed by atoms with Crippen LogP contribution in [0.3, 0.4) is 0 Å². The summed E-state index contributed by atoms with van der Waals surface area (Å²) in [6.07, 6.45) is 5.64. The van der Waals surface area contributed by atoms with E-state index < -0.39 is 5.91 Å². The number of aromatic nitrogens is 2. The largest absolute Gasteiger partial charge is 0.495 e. The minimum Gasteiger partial charge on any atom is -0.495 e. The zero-order valence-electron chi connectivity index (χ0n) is 22.5. The number of primary amides is 1. The second-order valence-electron chi connectivity index (χ2n) is 10.4. The average molecular weight is 525 g/mol. The molecule has 4 N–H and O–H groups in total. The van der Waals surface area contributed by atoms with Gasteiger partial charge in [-0.25, -0.2) is 9.97 Å². The third-order valence-corrected chi connectivity index (χ3v) is 7.88. The minimum atomic E-state index is -0.635. The van der Waals surface area contributed by atoms with Gasteiger partial charge in [0, 0.05) is 76.3 Å². The lowest BCUT2D eigenvalue weighted by atomic mass is 10.0. The van der Waals surface area contributed by atoms with Gasteiger partial charge in [0.15, 0.2) is 11.5 Å².